The van der Waals surface area contributed by atoms with Gasteiger partial charge in [-0.2, -0.15) is 11.8 Å². The molecule has 0 aromatic carbocycles. The molecule has 0 aliphatic carbocycles. The fraction of sp³-hybridized carbons (Fsp3) is 0.714. The summed E-state index contributed by atoms with van der Waals surface area (Å²) in [5, 5.41) is 4.44. The molecule has 0 radical (unpaired) electrons. The lowest BCUT2D eigenvalue weighted by Crippen LogP contribution is -2.38. The Morgan fingerprint density at radius 2 is 2.15 bits per heavy atom. The third-order valence-electron chi connectivity index (χ3n) is 1.09. The van der Waals surface area contributed by atoms with Gasteiger partial charge in [-0.1, -0.05) is 0 Å². The molecule has 0 fully saturated rings. The van der Waals surface area contributed by atoms with Crippen molar-refractivity contribution in [1.29, 1.82) is 0 Å². The Morgan fingerprint density at radius 1 is 1.54 bits per heavy atom. The van der Waals surface area contributed by atoms with Gasteiger partial charge in [-0.15, -0.1) is 0 Å². The normalized spacial score (nSPS) is 11.9. The summed E-state index contributed by atoms with van der Waals surface area (Å²) >= 11 is 1.40. The van der Waals surface area contributed by atoms with E-state index in [0.717, 1.165) is 0 Å². The standard InChI is InChI=1S/C7H15N3O2S/c1-5(8)3-13-4-6(11)10-7(12)9-2/h5H,3-4,8H2,1-2H3,(H2,9,10,11,12). The third-order valence-corrected chi connectivity index (χ3v) is 2.32. The van der Waals surface area contributed by atoms with Crippen LogP contribution in [0.2, 0.25) is 0 Å². The molecule has 0 rings (SSSR count). The Bertz CT molecular complexity index is 185. The largest absolute Gasteiger partial charge is 0.341 e. The first kappa shape index (κ1) is 12.2. The molecular weight excluding hydrogens is 190 g/mol. The second-order valence-corrected chi connectivity index (χ2v) is 3.65. The number of thioether (sulfide) groups is 1. The van der Waals surface area contributed by atoms with Crippen LogP contribution in [0, 0.1) is 0 Å². The summed E-state index contributed by atoms with van der Waals surface area (Å²) in [4.78, 5) is 21.6. The molecule has 0 aliphatic heterocycles. The Balaban J connectivity index is 3.46. The molecule has 0 spiro atoms. The van der Waals surface area contributed by atoms with Crippen LogP contribution in [-0.4, -0.2) is 36.5 Å². The lowest BCUT2D eigenvalue weighted by atomic mass is 10.4. The molecule has 1 atom stereocenters. The first-order valence-electron chi connectivity index (χ1n) is 3.91. The number of hydrogen-bond acceptors (Lipinski definition) is 4. The van der Waals surface area contributed by atoms with Crippen LogP contribution in [0.1, 0.15) is 6.92 Å². The van der Waals surface area contributed by atoms with E-state index in [4.69, 9.17) is 5.73 Å². The number of carbonyl (C=O) groups excluding carboxylic acids is 2. The van der Waals surface area contributed by atoms with Crippen molar-refractivity contribution in [2.45, 2.75) is 13.0 Å². The zero-order valence-corrected chi connectivity index (χ0v) is 8.61. The quantitative estimate of drug-likeness (QED) is 0.579. The van der Waals surface area contributed by atoms with Crippen molar-refractivity contribution >= 4 is 23.7 Å². The van der Waals surface area contributed by atoms with Gasteiger partial charge in [-0.05, 0) is 6.92 Å². The Labute approximate surface area is 81.8 Å². The average molecular weight is 205 g/mol. The van der Waals surface area contributed by atoms with E-state index in [0.29, 0.717) is 5.75 Å². The van der Waals surface area contributed by atoms with Crippen LogP contribution in [0.3, 0.4) is 0 Å². The van der Waals surface area contributed by atoms with Crippen molar-refractivity contribution in [1.82, 2.24) is 10.6 Å². The fourth-order valence-corrected chi connectivity index (χ4v) is 1.31. The van der Waals surface area contributed by atoms with Gasteiger partial charge in [-0.3, -0.25) is 10.1 Å². The molecule has 13 heavy (non-hydrogen) atoms. The van der Waals surface area contributed by atoms with E-state index in [2.05, 4.69) is 10.6 Å². The lowest BCUT2D eigenvalue weighted by Gasteiger charge is -2.04. The van der Waals surface area contributed by atoms with Gasteiger partial charge in [0.05, 0.1) is 5.75 Å². The van der Waals surface area contributed by atoms with Crippen LogP contribution in [0.4, 0.5) is 4.79 Å². The highest BCUT2D eigenvalue weighted by atomic mass is 32.2. The van der Waals surface area contributed by atoms with Crippen molar-refractivity contribution < 1.29 is 9.59 Å². The van der Waals surface area contributed by atoms with Crippen molar-refractivity contribution in [3.63, 3.8) is 0 Å². The molecule has 5 nitrogen and oxygen atoms in total. The van der Waals surface area contributed by atoms with Crippen LogP contribution in [0.5, 0.6) is 0 Å². The number of imide groups is 1. The highest BCUT2D eigenvalue weighted by Crippen LogP contribution is 2.00. The Morgan fingerprint density at radius 3 is 2.62 bits per heavy atom. The van der Waals surface area contributed by atoms with Gasteiger partial charge in [-0.25, -0.2) is 4.79 Å². The van der Waals surface area contributed by atoms with E-state index < -0.39 is 6.03 Å². The molecule has 6 heteroatoms. The van der Waals surface area contributed by atoms with E-state index >= 15 is 0 Å². The van der Waals surface area contributed by atoms with Crippen LogP contribution in [0.25, 0.3) is 0 Å². The van der Waals surface area contributed by atoms with Crippen molar-refractivity contribution in [2.75, 3.05) is 18.6 Å². The molecule has 0 heterocycles. The maximum absolute atomic E-state index is 11.0. The number of urea groups is 1. The lowest BCUT2D eigenvalue weighted by molar-refractivity contribution is -0.117. The molecule has 1 unspecified atom stereocenters. The number of rotatable bonds is 4. The average Bonchev–Trinajstić information content (AvgIpc) is 2.03. The second kappa shape index (κ2) is 6.73. The molecule has 0 bridgehead atoms. The summed E-state index contributed by atoms with van der Waals surface area (Å²) in [6, 6.07) is -0.413. The monoisotopic (exact) mass is 205 g/mol. The van der Waals surface area contributed by atoms with E-state index in [1.165, 1.54) is 18.8 Å². The molecule has 0 aliphatic rings. The second-order valence-electron chi connectivity index (χ2n) is 2.62. The summed E-state index contributed by atoms with van der Waals surface area (Å²) in [6.45, 7) is 1.86. The van der Waals surface area contributed by atoms with E-state index in [-0.39, 0.29) is 17.7 Å². The van der Waals surface area contributed by atoms with Crippen LogP contribution in [-0.2, 0) is 4.79 Å². The van der Waals surface area contributed by atoms with E-state index in [1.807, 2.05) is 6.92 Å². The molecule has 0 aromatic rings. The minimum atomic E-state index is -0.480. The minimum Gasteiger partial charge on any atom is -0.341 e. The highest BCUT2D eigenvalue weighted by molar-refractivity contribution is 8.00. The maximum Gasteiger partial charge on any atom is 0.321 e. The molecule has 0 aromatic heterocycles. The summed E-state index contributed by atoms with van der Waals surface area (Å²) < 4.78 is 0. The molecule has 0 saturated heterocycles. The van der Waals surface area contributed by atoms with Crippen molar-refractivity contribution in [2.24, 2.45) is 5.73 Å². The van der Waals surface area contributed by atoms with Gasteiger partial charge in [0, 0.05) is 18.8 Å². The number of amides is 3. The SMILES string of the molecule is CNC(=O)NC(=O)CSCC(C)N. The Kier molecular flexibility index (Phi) is 6.34. The zero-order chi connectivity index (χ0) is 10.3. The molecule has 3 amide bonds. The summed E-state index contributed by atoms with van der Waals surface area (Å²) in [5.74, 6) is 0.667. The minimum absolute atomic E-state index is 0.0674. The van der Waals surface area contributed by atoms with Gasteiger partial charge in [0.2, 0.25) is 5.91 Å². The molecule has 76 valence electrons. The highest BCUT2D eigenvalue weighted by Gasteiger charge is 2.05. The number of hydrogen-bond donors (Lipinski definition) is 3. The van der Waals surface area contributed by atoms with Crippen molar-refractivity contribution in [3.8, 4) is 0 Å². The topological polar surface area (TPSA) is 84.2 Å². The zero-order valence-electron chi connectivity index (χ0n) is 7.79. The summed E-state index contributed by atoms with van der Waals surface area (Å²) in [5.41, 5.74) is 5.47. The molecular formula is C7H15N3O2S. The van der Waals surface area contributed by atoms with Gasteiger partial charge in [0.25, 0.3) is 0 Å². The predicted octanol–water partition coefficient (Wildman–Crippen LogP) is -0.478. The number of nitrogens with two attached hydrogens (primary N) is 1. The number of carbonyl (C=O) groups is 2. The van der Waals surface area contributed by atoms with E-state index in [1.54, 1.807) is 0 Å². The van der Waals surface area contributed by atoms with Crippen LogP contribution < -0.4 is 16.4 Å². The molecule has 0 saturated carbocycles. The number of nitrogens with one attached hydrogen (secondary N) is 2. The van der Waals surface area contributed by atoms with Gasteiger partial charge in [0.15, 0.2) is 0 Å². The van der Waals surface area contributed by atoms with Crippen LogP contribution in [0.15, 0.2) is 0 Å². The van der Waals surface area contributed by atoms with Gasteiger partial charge in [0.1, 0.15) is 0 Å². The first-order chi connectivity index (χ1) is 6.06. The molecule has 4 N–H and O–H groups in total. The van der Waals surface area contributed by atoms with E-state index in [9.17, 15) is 9.59 Å². The first-order valence-corrected chi connectivity index (χ1v) is 5.06. The van der Waals surface area contributed by atoms with Gasteiger partial charge < -0.3 is 11.1 Å². The summed E-state index contributed by atoms with van der Waals surface area (Å²) in [7, 11) is 1.46. The predicted molar refractivity (Wildman–Crippen MR) is 53.6 cm³/mol. The summed E-state index contributed by atoms with van der Waals surface area (Å²) in [6.07, 6.45) is 0. The smallest absolute Gasteiger partial charge is 0.321 e. The maximum atomic E-state index is 11.0. The fourth-order valence-electron chi connectivity index (χ4n) is 0.563. The van der Waals surface area contributed by atoms with Gasteiger partial charge >= 0.3 is 6.03 Å². The van der Waals surface area contributed by atoms with Crippen LogP contribution >= 0.6 is 11.8 Å². The Hall–Kier alpha value is -0.750. The van der Waals surface area contributed by atoms with Crippen molar-refractivity contribution in [3.05, 3.63) is 0 Å². The third kappa shape index (κ3) is 7.61.